The number of benzene rings is 1. The van der Waals surface area contributed by atoms with Gasteiger partial charge >= 0.3 is 0 Å². The van der Waals surface area contributed by atoms with Crippen LogP contribution >= 0.6 is 0 Å². The Balaban J connectivity index is 2.11. The molecule has 128 valence electrons. The molecule has 0 spiro atoms. The van der Waals surface area contributed by atoms with Crippen molar-refractivity contribution in [2.24, 2.45) is 0 Å². The number of hydrogen-bond donors (Lipinski definition) is 1. The van der Waals surface area contributed by atoms with Crippen molar-refractivity contribution in [2.75, 3.05) is 13.6 Å². The predicted octanol–water partition coefficient (Wildman–Crippen LogP) is 0.770. The summed E-state index contributed by atoms with van der Waals surface area (Å²) in [5.41, 5.74) is 0.0513. The van der Waals surface area contributed by atoms with E-state index in [2.05, 4.69) is 10.4 Å². The lowest BCUT2D eigenvalue weighted by molar-refractivity contribution is -0.135. The Morgan fingerprint density at radius 1 is 1.25 bits per heavy atom. The summed E-state index contributed by atoms with van der Waals surface area (Å²) in [6, 6.07) is 6.98. The highest BCUT2D eigenvalue weighted by atomic mass is 16.2. The molecule has 2 amide bonds. The van der Waals surface area contributed by atoms with Gasteiger partial charge in [-0.1, -0.05) is 12.1 Å². The van der Waals surface area contributed by atoms with Gasteiger partial charge in [0, 0.05) is 18.0 Å². The van der Waals surface area contributed by atoms with Crippen LogP contribution in [0.1, 0.15) is 20.8 Å². The van der Waals surface area contributed by atoms with Gasteiger partial charge in [-0.2, -0.15) is 5.10 Å². The Morgan fingerprint density at radius 3 is 2.58 bits per heavy atom. The summed E-state index contributed by atoms with van der Waals surface area (Å²) in [7, 11) is 1.56. The summed E-state index contributed by atoms with van der Waals surface area (Å²) >= 11 is 0. The maximum atomic E-state index is 12.3. The van der Waals surface area contributed by atoms with E-state index in [4.69, 9.17) is 0 Å². The highest BCUT2D eigenvalue weighted by Gasteiger charge is 2.18. The maximum absolute atomic E-state index is 12.3. The number of hydrogen-bond acceptors (Lipinski definition) is 4. The second kappa shape index (κ2) is 6.82. The van der Waals surface area contributed by atoms with Crippen molar-refractivity contribution in [3.8, 4) is 0 Å². The zero-order valence-corrected chi connectivity index (χ0v) is 14.4. The molecule has 1 aromatic heterocycles. The minimum atomic E-state index is -0.350. The van der Waals surface area contributed by atoms with Crippen molar-refractivity contribution >= 4 is 22.7 Å². The monoisotopic (exact) mass is 330 g/mol. The van der Waals surface area contributed by atoms with E-state index in [0.29, 0.717) is 10.9 Å². The van der Waals surface area contributed by atoms with E-state index in [1.807, 2.05) is 20.8 Å². The Morgan fingerprint density at radius 2 is 1.92 bits per heavy atom. The topological polar surface area (TPSA) is 84.3 Å². The summed E-state index contributed by atoms with van der Waals surface area (Å²) in [5.74, 6) is -0.489. The van der Waals surface area contributed by atoms with Gasteiger partial charge in [0.1, 0.15) is 6.54 Å². The average molecular weight is 330 g/mol. The van der Waals surface area contributed by atoms with E-state index in [0.717, 1.165) is 0 Å². The van der Waals surface area contributed by atoms with E-state index < -0.39 is 0 Å². The van der Waals surface area contributed by atoms with Crippen LogP contribution in [-0.2, 0) is 16.1 Å². The van der Waals surface area contributed by atoms with Crippen LogP contribution in [0.3, 0.4) is 0 Å². The van der Waals surface area contributed by atoms with Gasteiger partial charge < -0.3 is 10.2 Å². The van der Waals surface area contributed by atoms with Crippen molar-refractivity contribution in [3.63, 3.8) is 0 Å². The number of fused-ring (bicyclic) bond motifs is 1. The van der Waals surface area contributed by atoms with E-state index in [9.17, 15) is 14.4 Å². The number of carbonyl (C=O) groups is 2. The van der Waals surface area contributed by atoms with Gasteiger partial charge in [0.25, 0.3) is 0 Å². The second-order valence-corrected chi connectivity index (χ2v) is 6.73. The Bertz CT molecular complexity index is 820. The zero-order chi connectivity index (χ0) is 17.9. The predicted molar refractivity (Wildman–Crippen MR) is 91.5 cm³/mol. The number of rotatable bonds is 4. The first-order valence-electron chi connectivity index (χ1n) is 7.67. The molecule has 0 atom stereocenters. The Kier molecular flexibility index (Phi) is 5.02. The fourth-order valence-corrected chi connectivity index (χ4v) is 2.30. The average Bonchev–Trinajstić information content (AvgIpc) is 2.48. The zero-order valence-electron chi connectivity index (χ0n) is 14.4. The van der Waals surface area contributed by atoms with Gasteiger partial charge in [-0.3, -0.25) is 19.1 Å². The van der Waals surface area contributed by atoms with Crippen LogP contribution in [0, 0.1) is 0 Å². The minimum absolute atomic E-state index is 0.0335. The van der Waals surface area contributed by atoms with Crippen LogP contribution in [0.4, 0.5) is 0 Å². The Labute approximate surface area is 140 Å². The Hall–Kier alpha value is -2.70. The van der Waals surface area contributed by atoms with E-state index in [1.165, 1.54) is 15.8 Å². The van der Waals surface area contributed by atoms with Gasteiger partial charge in [-0.15, -0.1) is 0 Å². The summed E-state index contributed by atoms with van der Waals surface area (Å²) < 4.78 is 1.47. The lowest BCUT2D eigenvalue weighted by Gasteiger charge is -2.23. The number of carbonyl (C=O) groups excluding carboxylic acids is 2. The van der Waals surface area contributed by atoms with Crippen molar-refractivity contribution in [2.45, 2.75) is 32.9 Å². The van der Waals surface area contributed by atoms with E-state index >= 15 is 0 Å². The van der Waals surface area contributed by atoms with Gasteiger partial charge in [0.05, 0.1) is 18.3 Å². The summed E-state index contributed by atoms with van der Waals surface area (Å²) in [6.07, 6.45) is 1.20. The molecule has 0 unspecified atom stereocenters. The number of likely N-dealkylation sites (N-methyl/N-ethyl adjacent to an activating group) is 1. The molecule has 1 aromatic carbocycles. The number of nitrogens with one attached hydrogen (secondary N) is 1. The molecule has 0 saturated carbocycles. The molecule has 0 fully saturated rings. The first-order chi connectivity index (χ1) is 11.2. The van der Waals surface area contributed by atoms with E-state index in [1.54, 1.807) is 31.3 Å². The molecule has 2 rings (SSSR count). The molecule has 0 aliphatic carbocycles. The molecule has 0 bridgehead atoms. The standard InChI is InChI=1S/C17H22N4O3/c1-17(2,3)19-15(23)10-20(4)16(24)11-21-13-8-6-5-7-12(13)14(22)9-18-21/h5-9H,10-11H2,1-4H3,(H,19,23). The highest BCUT2D eigenvalue weighted by molar-refractivity contribution is 5.86. The molecule has 1 heterocycles. The molecule has 2 aromatic rings. The lowest BCUT2D eigenvalue weighted by atomic mass is 10.1. The first kappa shape index (κ1) is 17.7. The SMILES string of the molecule is CN(CC(=O)NC(C)(C)C)C(=O)Cn1ncc(=O)c2ccccc21. The second-order valence-electron chi connectivity index (χ2n) is 6.73. The number of para-hydroxylation sites is 1. The molecule has 7 nitrogen and oxygen atoms in total. The number of aromatic nitrogens is 2. The molecule has 0 aliphatic rings. The normalized spacial score (nSPS) is 11.3. The quantitative estimate of drug-likeness (QED) is 0.897. The van der Waals surface area contributed by atoms with E-state index in [-0.39, 0.29) is 35.9 Å². The third-order valence-electron chi connectivity index (χ3n) is 3.37. The smallest absolute Gasteiger partial charge is 0.244 e. The van der Waals surface area contributed by atoms with Crippen LogP contribution in [0.2, 0.25) is 0 Å². The highest BCUT2D eigenvalue weighted by Crippen LogP contribution is 2.08. The molecule has 0 radical (unpaired) electrons. The van der Waals surface area contributed by atoms with Gasteiger partial charge in [-0.05, 0) is 32.9 Å². The summed E-state index contributed by atoms with van der Waals surface area (Å²) in [5, 5.41) is 7.34. The maximum Gasteiger partial charge on any atom is 0.244 e. The fraction of sp³-hybridized carbons (Fsp3) is 0.412. The van der Waals surface area contributed by atoms with Gasteiger partial charge in [-0.25, -0.2) is 0 Å². The summed E-state index contributed by atoms with van der Waals surface area (Å²) in [4.78, 5) is 37.4. The molecule has 0 saturated heterocycles. The summed E-state index contributed by atoms with van der Waals surface area (Å²) in [6.45, 7) is 5.56. The molecule has 0 aliphatic heterocycles. The fourth-order valence-electron chi connectivity index (χ4n) is 2.30. The van der Waals surface area contributed by atoms with Gasteiger partial charge in [0.2, 0.25) is 17.2 Å². The minimum Gasteiger partial charge on any atom is -0.350 e. The molecular weight excluding hydrogens is 308 g/mol. The van der Waals surface area contributed by atoms with Crippen molar-refractivity contribution in [1.29, 1.82) is 0 Å². The molecule has 7 heteroatoms. The van der Waals surface area contributed by atoms with Crippen molar-refractivity contribution < 1.29 is 9.59 Å². The van der Waals surface area contributed by atoms with Crippen LogP contribution in [-0.4, -0.2) is 45.6 Å². The third-order valence-corrected chi connectivity index (χ3v) is 3.37. The van der Waals surface area contributed by atoms with Crippen molar-refractivity contribution in [1.82, 2.24) is 20.0 Å². The van der Waals surface area contributed by atoms with Crippen molar-refractivity contribution in [3.05, 3.63) is 40.7 Å². The van der Waals surface area contributed by atoms with Crippen LogP contribution in [0.5, 0.6) is 0 Å². The molecule has 1 N–H and O–H groups in total. The largest absolute Gasteiger partial charge is 0.350 e. The van der Waals surface area contributed by atoms with Crippen LogP contribution in [0.15, 0.2) is 35.3 Å². The number of nitrogens with zero attached hydrogens (tertiary/aromatic N) is 3. The van der Waals surface area contributed by atoms with Crippen LogP contribution in [0.25, 0.3) is 10.9 Å². The third kappa shape index (κ3) is 4.41. The molecule has 24 heavy (non-hydrogen) atoms. The van der Waals surface area contributed by atoms with Crippen LogP contribution < -0.4 is 10.7 Å². The lowest BCUT2D eigenvalue weighted by Crippen LogP contribution is -2.46. The first-order valence-corrected chi connectivity index (χ1v) is 7.67. The molecular formula is C17H22N4O3. The number of amides is 2. The van der Waals surface area contributed by atoms with Gasteiger partial charge in [0.15, 0.2) is 0 Å².